The van der Waals surface area contributed by atoms with Gasteiger partial charge in [0, 0.05) is 30.7 Å². The highest BCUT2D eigenvalue weighted by molar-refractivity contribution is 5.87. The van der Waals surface area contributed by atoms with Crippen molar-refractivity contribution in [2.24, 2.45) is 7.05 Å². The summed E-state index contributed by atoms with van der Waals surface area (Å²) in [5.74, 6) is 0.469. The van der Waals surface area contributed by atoms with Crippen LogP contribution in [0.1, 0.15) is 30.7 Å². The van der Waals surface area contributed by atoms with E-state index >= 15 is 0 Å². The zero-order valence-electron chi connectivity index (χ0n) is 18.3. The van der Waals surface area contributed by atoms with Gasteiger partial charge in [0.1, 0.15) is 12.4 Å². The molecule has 0 spiro atoms. The van der Waals surface area contributed by atoms with E-state index in [1.54, 1.807) is 6.20 Å². The highest BCUT2D eigenvalue weighted by Gasteiger charge is 2.18. The van der Waals surface area contributed by atoms with Crippen molar-refractivity contribution in [1.29, 1.82) is 0 Å². The molecule has 0 saturated heterocycles. The third-order valence-corrected chi connectivity index (χ3v) is 5.53. The van der Waals surface area contributed by atoms with Crippen LogP contribution < -0.4 is 15.6 Å². The zero-order valence-corrected chi connectivity index (χ0v) is 18.3. The van der Waals surface area contributed by atoms with E-state index < -0.39 is 0 Å². The number of aryl methyl sites for hydroxylation is 1. The molecule has 0 saturated carbocycles. The van der Waals surface area contributed by atoms with E-state index in [9.17, 15) is 4.79 Å². The van der Waals surface area contributed by atoms with E-state index in [2.05, 4.69) is 28.1 Å². The maximum Gasteiger partial charge on any atom is 0.275 e. The van der Waals surface area contributed by atoms with Crippen LogP contribution in [0.5, 0.6) is 5.75 Å². The smallest absolute Gasteiger partial charge is 0.275 e. The summed E-state index contributed by atoms with van der Waals surface area (Å²) in [4.78, 5) is 12.7. The van der Waals surface area contributed by atoms with E-state index in [4.69, 9.17) is 4.74 Å². The lowest BCUT2D eigenvalue weighted by Gasteiger charge is -2.14. The Morgan fingerprint density at radius 2 is 1.90 bits per heavy atom. The number of hydrogen-bond donors (Lipinski definition) is 1. The number of nitrogens with zero attached hydrogens (tertiary/aromatic N) is 3. The zero-order chi connectivity index (χ0) is 21.8. The van der Waals surface area contributed by atoms with Crippen LogP contribution in [0.25, 0.3) is 16.6 Å². The van der Waals surface area contributed by atoms with Crippen molar-refractivity contribution >= 4 is 10.9 Å². The summed E-state index contributed by atoms with van der Waals surface area (Å²) >= 11 is 0. The lowest BCUT2D eigenvalue weighted by atomic mass is 10.0. The SMILES string of the molecule is CC.Cn1c2c(c3ccc(-n4ncc(OCc5ccccc5)cc4=O)cc31)CCNC2. The molecule has 3 heterocycles. The molecule has 0 amide bonds. The summed E-state index contributed by atoms with van der Waals surface area (Å²) in [6, 6.07) is 17.4. The molecule has 0 unspecified atom stereocenters. The first kappa shape index (κ1) is 20.9. The second-order valence-electron chi connectivity index (χ2n) is 7.33. The molecule has 0 radical (unpaired) electrons. The van der Waals surface area contributed by atoms with Crippen LogP contribution in [-0.2, 0) is 26.6 Å². The summed E-state index contributed by atoms with van der Waals surface area (Å²) < 4.78 is 9.35. The van der Waals surface area contributed by atoms with Crippen LogP contribution in [0, 0.1) is 0 Å². The van der Waals surface area contributed by atoms with Gasteiger partial charge in [-0.25, -0.2) is 0 Å². The van der Waals surface area contributed by atoms with Gasteiger partial charge in [0.2, 0.25) is 0 Å². The highest BCUT2D eigenvalue weighted by Crippen LogP contribution is 2.29. The molecule has 1 N–H and O–H groups in total. The molecular weight excluding hydrogens is 388 g/mol. The predicted octanol–water partition coefficient (Wildman–Crippen LogP) is 3.98. The van der Waals surface area contributed by atoms with E-state index in [0.29, 0.717) is 12.4 Å². The fourth-order valence-electron chi connectivity index (χ4n) is 4.02. The summed E-state index contributed by atoms with van der Waals surface area (Å²) in [6.45, 7) is 6.28. The van der Waals surface area contributed by atoms with Gasteiger partial charge in [-0.05, 0) is 36.2 Å². The van der Waals surface area contributed by atoms with Crippen LogP contribution in [-0.4, -0.2) is 20.9 Å². The average molecular weight is 417 g/mol. The predicted molar refractivity (Wildman–Crippen MR) is 124 cm³/mol. The first-order valence-corrected chi connectivity index (χ1v) is 10.8. The Morgan fingerprint density at radius 1 is 1.10 bits per heavy atom. The largest absolute Gasteiger partial charge is 0.487 e. The van der Waals surface area contributed by atoms with Gasteiger partial charge < -0.3 is 14.6 Å². The third kappa shape index (κ3) is 4.11. The van der Waals surface area contributed by atoms with Crippen molar-refractivity contribution in [3.05, 3.63) is 88.0 Å². The van der Waals surface area contributed by atoms with Crippen molar-refractivity contribution < 1.29 is 4.74 Å². The number of fused-ring (bicyclic) bond motifs is 3. The van der Waals surface area contributed by atoms with Gasteiger partial charge in [-0.1, -0.05) is 50.2 Å². The summed E-state index contributed by atoms with van der Waals surface area (Å²) in [5, 5.41) is 9.02. The summed E-state index contributed by atoms with van der Waals surface area (Å²) in [7, 11) is 2.08. The standard InChI is InChI=1S/C23H22N4O2.C2H6/c1-26-21-11-17(7-8-19(21)20-9-10-24-14-22(20)26)27-23(28)12-18(13-25-27)29-15-16-5-3-2-4-6-16;1-2/h2-8,11-13,24H,9-10,14-15H2,1H3;1-2H3. The number of nitrogens with one attached hydrogen (secondary N) is 1. The monoisotopic (exact) mass is 416 g/mol. The Labute approximate surface area is 182 Å². The highest BCUT2D eigenvalue weighted by atomic mass is 16.5. The van der Waals surface area contributed by atoms with E-state index in [0.717, 1.165) is 36.3 Å². The van der Waals surface area contributed by atoms with Gasteiger partial charge in [0.05, 0.1) is 17.4 Å². The first-order chi connectivity index (χ1) is 15.2. The molecule has 2 aromatic heterocycles. The van der Waals surface area contributed by atoms with Crippen LogP contribution in [0.4, 0.5) is 0 Å². The maximum atomic E-state index is 12.7. The molecule has 4 aromatic rings. The lowest BCUT2D eigenvalue weighted by molar-refractivity contribution is 0.303. The lowest BCUT2D eigenvalue weighted by Crippen LogP contribution is -2.24. The fourth-order valence-corrected chi connectivity index (χ4v) is 4.02. The van der Waals surface area contributed by atoms with Gasteiger partial charge in [0.15, 0.2) is 0 Å². The molecule has 0 fully saturated rings. The molecule has 31 heavy (non-hydrogen) atoms. The third-order valence-electron chi connectivity index (χ3n) is 5.53. The number of rotatable bonds is 4. The van der Waals surface area contributed by atoms with Gasteiger partial charge in [-0.3, -0.25) is 4.79 Å². The van der Waals surface area contributed by atoms with Crippen molar-refractivity contribution in [3.63, 3.8) is 0 Å². The molecule has 5 rings (SSSR count). The maximum absolute atomic E-state index is 12.7. The summed E-state index contributed by atoms with van der Waals surface area (Å²) in [5.41, 5.74) is 5.42. The van der Waals surface area contributed by atoms with E-state index in [-0.39, 0.29) is 5.56 Å². The normalized spacial score (nSPS) is 12.7. The minimum absolute atomic E-state index is 0.212. The quantitative estimate of drug-likeness (QED) is 0.547. The van der Waals surface area contributed by atoms with Crippen LogP contribution in [0.2, 0.25) is 0 Å². The second kappa shape index (κ2) is 9.18. The van der Waals surface area contributed by atoms with Crippen LogP contribution in [0.3, 0.4) is 0 Å². The van der Waals surface area contributed by atoms with Crippen molar-refractivity contribution in [2.75, 3.05) is 6.54 Å². The molecule has 2 aromatic carbocycles. The van der Waals surface area contributed by atoms with Gasteiger partial charge in [-0.2, -0.15) is 9.78 Å². The van der Waals surface area contributed by atoms with Gasteiger partial charge >= 0.3 is 0 Å². The molecular formula is C25H28N4O2. The topological polar surface area (TPSA) is 61.1 Å². The Bertz CT molecular complexity index is 1240. The van der Waals surface area contributed by atoms with Crippen molar-refractivity contribution in [3.8, 4) is 11.4 Å². The number of aromatic nitrogens is 3. The van der Waals surface area contributed by atoms with Crippen molar-refractivity contribution in [2.45, 2.75) is 33.4 Å². The minimum atomic E-state index is -0.212. The van der Waals surface area contributed by atoms with Crippen molar-refractivity contribution in [1.82, 2.24) is 19.7 Å². The fraction of sp³-hybridized carbons (Fsp3) is 0.280. The van der Waals surface area contributed by atoms with E-state index in [1.165, 1.54) is 27.4 Å². The molecule has 0 bridgehead atoms. The average Bonchev–Trinajstić information content (AvgIpc) is 3.11. The Hall–Kier alpha value is -3.38. The molecule has 0 aliphatic carbocycles. The number of hydrogen-bond acceptors (Lipinski definition) is 4. The minimum Gasteiger partial charge on any atom is -0.487 e. The molecule has 6 heteroatoms. The Kier molecular flexibility index (Phi) is 6.18. The number of ether oxygens (including phenoxy) is 1. The Balaban J connectivity index is 0.00000112. The summed E-state index contributed by atoms with van der Waals surface area (Å²) in [6.07, 6.45) is 2.62. The first-order valence-electron chi connectivity index (χ1n) is 10.8. The van der Waals surface area contributed by atoms with Gasteiger partial charge in [0.25, 0.3) is 5.56 Å². The Morgan fingerprint density at radius 3 is 2.68 bits per heavy atom. The molecule has 6 nitrogen and oxygen atoms in total. The second-order valence-corrected chi connectivity index (χ2v) is 7.33. The van der Waals surface area contributed by atoms with Gasteiger partial charge in [-0.15, -0.1) is 0 Å². The van der Waals surface area contributed by atoms with Crippen LogP contribution >= 0.6 is 0 Å². The number of benzene rings is 2. The molecule has 0 atom stereocenters. The molecule has 1 aliphatic heterocycles. The van der Waals surface area contributed by atoms with E-state index in [1.807, 2.05) is 56.3 Å². The molecule has 160 valence electrons. The molecule has 1 aliphatic rings. The van der Waals surface area contributed by atoms with Crippen LogP contribution in [0.15, 0.2) is 65.6 Å².